The maximum absolute atomic E-state index is 6.06. The molecule has 0 saturated heterocycles. The molecule has 0 heterocycles. The van der Waals surface area contributed by atoms with Crippen molar-refractivity contribution < 1.29 is 8.85 Å². The van der Waals surface area contributed by atoms with Gasteiger partial charge in [0.15, 0.2) is 0 Å². The molecule has 0 atom stereocenters. The van der Waals surface area contributed by atoms with Crippen LogP contribution < -0.4 is 4.43 Å². The Morgan fingerprint density at radius 3 is 2.41 bits per heavy atom. The first-order chi connectivity index (χ1) is 7.80. The van der Waals surface area contributed by atoms with Crippen molar-refractivity contribution in [3.8, 4) is 5.75 Å². The second-order valence-electron chi connectivity index (χ2n) is 4.78. The van der Waals surface area contributed by atoms with Crippen LogP contribution in [0.4, 0.5) is 0 Å². The van der Waals surface area contributed by atoms with Crippen molar-refractivity contribution in [2.45, 2.75) is 26.9 Å². The van der Waals surface area contributed by atoms with Crippen molar-refractivity contribution >= 4 is 31.8 Å². The summed E-state index contributed by atoms with van der Waals surface area (Å²) >= 11 is 11.9. The number of benzene rings is 1. The maximum atomic E-state index is 6.06. The molecular formula is C12H18Cl2O2Si. The van der Waals surface area contributed by atoms with Crippen LogP contribution in [0.25, 0.3) is 0 Å². The highest BCUT2D eigenvalue weighted by molar-refractivity contribution is 6.65. The molecule has 0 radical (unpaired) electrons. The highest BCUT2D eigenvalue weighted by atomic mass is 35.5. The normalized spacial score (nSPS) is 11.9. The number of rotatable bonds is 5. The smallest absolute Gasteiger partial charge is 0.392 e. The predicted octanol–water partition coefficient (Wildman–Crippen LogP) is 4.75. The van der Waals surface area contributed by atoms with E-state index in [0.29, 0.717) is 28.3 Å². The van der Waals surface area contributed by atoms with Crippen LogP contribution in [-0.4, -0.2) is 15.2 Å². The lowest BCUT2D eigenvalue weighted by molar-refractivity contribution is 0.216. The molecule has 0 saturated carbocycles. The largest absolute Gasteiger partial charge is 0.519 e. The molecule has 0 fully saturated rings. The fraction of sp³-hybridized carbons (Fsp3) is 0.500. The molecule has 1 aromatic carbocycles. The van der Waals surface area contributed by atoms with E-state index in [1.54, 1.807) is 18.2 Å². The van der Waals surface area contributed by atoms with Crippen molar-refractivity contribution in [2.75, 3.05) is 6.61 Å². The summed E-state index contributed by atoms with van der Waals surface area (Å²) in [5.41, 5.74) is 0. The Hall–Kier alpha value is -0.223. The monoisotopic (exact) mass is 292 g/mol. The minimum Gasteiger partial charge on any atom is -0.519 e. The Kier molecular flexibility index (Phi) is 5.32. The topological polar surface area (TPSA) is 18.5 Å². The molecule has 17 heavy (non-hydrogen) atoms. The van der Waals surface area contributed by atoms with Gasteiger partial charge in [0.2, 0.25) is 0 Å². The van der Waals surface area contributed by atoms with Gasteiger partial charge in [0, 0.05) is 11.6 Å². The van der Waals surface area contributed by atoms with E-state index in [-0.39, 0.29) is 0 Å². The average Bonchev–Trinajstić information content (AvgIpc) is 2.20. The van der Waals surface area contributed by atoms with Crippen LogP contribution in [0.3, 0.4) is 0 Å². The minimum absolute atomic E-state index is 0.492. The molecule has 0 aliphatic carbocycles. The van der Waals surface area contributed by atoms with Crippen LogP contribution >= 0.6 is 23.2 Å². The zero-order valence-corrected chi connectivity index (χ0v) is 13.1. The van der Waals surface area contributed by atoms with Gasteiger partial charge in [-0.05, 0) is 37.2 Å². The number of hydrogen-bond acceptors (Lipinski definition) is 2. The third kappa shape index (κ3) is 5.30. The van der Waals surface area contributed by atoms with E-state index < -0.39 is 8.56 Å². The van der Waals surface area contributed by atoms with Gasteiger partial charge in [0.1, 0.15) is 5.75 Å². The SMILES string of the molecule is CC(C)CO[Si](C)(C)Oc1ccc(Cl)cc1Cl. The van der Waals surface area contributed by atoms with Crippen molar-refractivity contribution in [3.63, 3.8) is 0 Å². The van der Waals surface area contributed by atoms with E-state index >= 15 is 0 Å². The summed E-state index contributed by atoms with van der Waals surface area (Å²) in [4.78, 5) is 0. The van der Waals surface area contributed by atoms with Crippen molar-refractivity contribution in [2.24, 2.45) is 5.92 Å². The van der Waals surface area contributed by atoms with E-state index in [9.17, 15) is 0 Å². The molecule has 1 aromatic rings. The Morgan fingerprint density at radius 1 is 1.24 bits per heavy atom. The summed E-state index contributed by atoms with van der Waals surface area (Å²) in [5, 5.41) is 1.12. The Morgan fingerprint density at radius 2 is 1.88 bits per heavy atom. The molecule has 2 nitrogen and oxygen atoms in total. The molecule has 0 aliphatic rings. The predicted molar refractivity (Wildman–Crippen MR) is 75.4 cm³/mol. The summed E-state index contributed by atoms with van der Waals surface area (Å²) in [6.07, 6.45) is 0. The van der Waals surface area contributed by atoms with Crippen LogP contribution in [0.15, 0.2) is 18.2 Å². The van der Waals surface area contributed by atoms with Gasteiger partial charge in [-0.3, -0.25) is 0 Å². The molecule has 0 N–H and O–H groups in total. The van der Waals surface area contributed by atoms with Gasteiger partial charge < -0.3 is 8.85 Å². The van der Waals surface area contributed by atoms with Crippen molar-refractivity contribution in [3.05, 3.63) is 28.2 Å². The van der Waals surface area contributed by atoms with E-state index in [1.807, 2.05) is 13.1 Å². The van der Waals surface area contributed by atoms with Gasteiger partial charge in [-0.2, -0.15) is 0 Å². The summed E-state index contributed by atoms with van der Waals surface area (Å²) in [6, 6.07) is 5.21. The Balaban J connectivity index is 2.68. The highest BCUT2D eigenvalue weighted by Gasteiger charge is 2.27. The quantitative estimate of drug-likeness (QED) is 0.730. The Bertz CT molecular complexity index is 381. The zero-order valence-electron chi connectivity index (χ0n) is 10.6. The van der Waals surface area contributed by atoms with E-state index in [4.69, 9.17) is 32.1 Å². The van der Waals surface area contributed by atoms with Gasteiger partial charge in [-0.15, -0.1) is 0 Å². The number of hydrogen-bond donors (Lipinski definition) is 0. The first-order valence-corrected chi connectivity index (χ1v) is 9.15. The lowest BCUT2D eigenvalue weighted by Gasteiger charge is -2.25. The zero-order chi connectivity index (χ0) is 13.1. The van der Waals surface area contributed by atoms with E-state index in [0.717, 1.165) is 0 Å². The molecule has 0 aliphatic heterocycles. The molecule has 0 spiro atoms. The molecular weight excluding hydrogens is 275 g/mol. The lowest BCUT2D eigenvalue weighted by atomic mass is 10.2. The second-order valence-corrected chi connectivity index (χ2v) is 8.92. The summed E-state index contributed by atoms with van der Waals surface area (Å²) in [6.45, 7) is 8.92. The van der Waals surface area contributed by atoms with Gasteiger partial charge in [0.25, 0.3) is 0 Å². The number of halogens is 2. The van der Waals surface area contributed by atoms with Crippen LogP contribution in [0, 0.1) is 5.92 Å². The molecule has 96 valence electrons. The average molecular weight is 293 g/mol. The summed E-state index contributed by atoms with van der Waals surface area (Å²) in [5.74, 6) is 1.13. The van der Waals surface area contributed by atoms with E-state index in [2.05, 4.69) is 13.8 Å². The standard InChI is InChI=1S/C12H18Cl2O2Si/c1-9(2)8-15-17(3,4)16-12-6-5-10(13)7-11(12)14/h5-7,9H,8H2,1-4H3. The first kappa shape index (κ1) is 14.8. The molecule has 0 aromatic heterocycles. The van der Waals surface area contributed by atoms with Crippen LogP contribution in [0.2, 0.25) is 23.1 Å². The fourth-order valence-electron chi connectivity index (χ4n) is 1.22. The lowest BCUT2D eigenvalue weighted by Crippen LogP contribution is -2.39. The first-order valence-electron chi connectivity index (χ1n) is 5.58. The molecule has 1 rings (SSSR count). The summed E-state index contributed by atoms with van der Waals surface area (Å²) in [7, 11) is -2.18. The van der Waals surface area contributed by atoms with Gasteiger partial charge in [-0.1, -0.05) is 37.0 Å². The Labute approximate surface area is 114 Å². The molecule has 0 bridgehead atoms. The molecule has 0 amide bonds. The minimum atomic E-state index is -2.18. The van der Waals surface area contributed by atoms with Crippen LogP contribution in [0.5, 0.6) is 5.75 Å². The summed E-state index contributed by atoms with van der Waals surface area (Å²) < 4.78 is 11.7. The van der Waals surface area contributed by atoms with Gasteiger partial charge >= 0.3 is 8.56 Å². The molecule has 5 heteroatoms. The third-order valence-electron chi connectivity index (χ3n) is 2.01. The highest BCUT2D eigenvalue weighted by Crippen LogP contribution is 2.29. The second kappa shape index (κ2) is 6.09. The molecule has 0 unspecified atom stereocenters. The van der Waals surface area contributed by atoms with Crippen molar-refractivity contribution in [1.82, 2.24) is 0 Å². The van der Waals surface area contributed by atoms with Crippen LogP contribution in [0.1, 0.15) is 13.8 Å². The van der Waals surface area contributed by atoms with Gasteiger partial charge in [0.05, 0.1) is 5.02 Å². The maximum Gasteiger partial charge on any atom is 0.392 e. The third-order valence-corrected chi connectivity index (χ3v) is 4.12. The van der Waals surface area contributed by atoms with Crippen molar-refractivity contribution in [1.29, 1.82) is 0 Å². The van der Waals surface area contributed by atoms with Gasteiger partial charge in [-0.25, -0.2) is 0 Å². The van der Waals surface area contributed by atoms with Crippen LogP contribution in [-0.2, 0) is 4.43 Å². The fourth-order valence-corrected chi connectivity index (χ4v) is 3.23. The van der Waals surface area contributed by atoms with E-state index in [1.165, 1.54) is 0 Å².